The van der Waals surface area contributed by atoms with Gasteiger partial charge in [0.25, 0.3) is 0 Å². The zero-order valence-corrected chi connectivity index (χ0v) is 10.5. The predicted octanol–water partition coefficient (Wildman–Crippen LogP) is 2.68. The van der Waals surface area contributed by atoms with Crippen molar-refractivity contribution in [1.29, 1.82) is 0 Å². The highest BCUT2D eigenvalue weighted by molar-refractivity contribution is 5.50. The van der Waals surface area contributed by atoms with Crippen LogP contribution in [-0.4, -0.2) is 25.2 Å². The van der Waals surface area contributed by atoms with E-state index in [2.05, 4.69) is 5.32 Å². The number of nitrogens with zero attached hydrogens (tertiary/aromatic N) is 1. The zero-order valence-electron chi connectivity index (χ0n) is 10.5. The molecule has 100 valence electrons. The highest BCUT2D eigenvalue weighted by Gasteiger charge is 2.27. The standard InChI is InChI=1S/C13H17F3N2/c1-3-10-7-18(8(2)6-17-10)12-5-9(14)4-11(15)13(12)16/h4-5,8,10,17H,3,6-7H2,1-2H3. The molecule has 2 unspecified atom stereocenters. The molecule has 1 fully saturated rings. The first-order valence-electron chi connectivity index (χ1n) is 6.17. The summed E-state index contributed by atoms with van der Waals surface area (Å²) in [6, 6.07) is 1.85. The van der Waals surface area contributed by atoms with E-state index >= 15 is 0 Å². The van der Waals surface area contributed by atoms with Crippen molar-refractivity contribution in [3.8, 4) is 0 Å². The Labute approximate surface area is 105 Å². The summed E-state index contributed by atoms with van der Waals surface area (Å²) < 4.78 is 40.2. The van der Waals surface area contributed by atoms with Gasteiger partial charge in [-0.15, -0.1) is 0 Å². The van der Waals surface area contributed by atoms with E-state index in [0.717, 1.165) is 12.5 Å². The first-order chi connectivity index (χ1) is 8.52. The van der Waals surface area contributed by atoms with Gasteiger partial charge in [-0.2, -0.15) is 0 Å². The summed E-state index contributed by atoms with van der Waals surface area (Å²) in [7, 11) is 0. The monoisotopic (exact) mass is 258 g/mol. The fourth-order valence-electron chi connectivity index (χ4n) is 2.29. The second-order valence-electron chi connectivity index (χ2n) is 4.74. The molecule has 1 aromatic carbocycles. The predicted molar refractivity (Wildman–Crippen MR) is 65.2 cm³/mol. The fraction of sp³-hybridized carbons (Fsp3) is 0.538. The summed E-state index contributed by atoms with van der Waals surface area (Å²) >= 11 is 0. The molecule has 1 aliphatic heterocycles. The maximum Gasteiger partial charge on any atom is 0.182 e. The van der Waals surface area contributed by atoms with Gasteiger partial charge in [0, 0.05) is 37.3 Å². The topological polar surface area (TPSA) is 15.3 Å². The van der Waals surface area contributed by atoms with Gasteiger partial charge in [0.05, 0.1) is 5.69 Å². The third-order valence-electron chi connectivity index (χ3n) is 3.43. The van der Waals surface area contributed by atoms with Crippen LogP contribution in [0.15, 0.2) is 12.1 Å². The van der Waals surface area contributed by atoms with Crippen molar-refractivity contribution in [2.24, 2.45) is 0 Å². The highest BCUT2D eigenvalue weighted by Crippen LogP contribution is 2.26. The second kappa shape index (κ2) is 5.18. The first kappa shape index (κ1) is 13.2. The number of nitrogens with one attached hydrogen (secondary N) is 1. The Morgan fingerprint density at radius 3 is 2.72 bits per heavy atom. The van der Waals surface area contributed by atoms with Crippen LogP contribution in [0.25, 0.3) is 0 Å². The van der Waals surface area contributed by atoms with Crippen LogP contribution in [-0.2, 0) is 0 Å². The van der Waals surface area contributed by atoms with E-state index in [1.165, 1.54) is 0 Å². The van der Waals surface area contributed by atoms with Gasteiger partial charge >= 0.3 is 0 Å². The normalized spacial score (nSPS) is 24.4. The van der Waals surface area contributed by atoms with Gasteiger partial charge in [-0.1, -0.05) is 6.92 Å². The molecule has 2 atom stereocenters. The van der Waals surface area contributed by atoms with Gasteiger partial charge < -0.3 is 10.2 Å². The van der Waals surface area contributed by atoms with Gasteiger partial charge in [-0.25, -0.2) is 13.2 Å². The summed E-state index contributed by atoms with van der Waals surface area (Å²) in [4.78, 5) is 1.73. The van der Waals surface area contributed by atoms with E-state index in [0.29, 0.717) is 19.2 Å². The van der Waals surface area contributed by atoms with E-state index in [4.69, 9.17) is 0 Å². The molecule has 2 rings (SSSR count). The van der Waals surface area contributed by atoms with Crippen molar-refractivity contribution in [1.82, 2.24) is 5.32 Å². The van der Waals surface area contributed by atoms with Gasteiger partial charge in [0.2, 0.25) is 0 Å². The smallest absolute Gasteiger partial charge is 0.182 e. The minimum absolute atomic E-state index is 0.00324. The van der Waals surface area contributed by atoms with E-state index in [9.17, 15) is 13.2 Å². The molecule has 1 N–H and O–H groups in total. The van der Waals surface area contributed by atoms with Crippen LogP contribution in [0.2, 0.25) is 0 Å². The minimum atomic E-state index is -1.14. The molecule has 0 bridgehead atoms. The molecule has 1 saturated heterocycles. The van der Waals surface area contributed by atoms with Crippen LogP contribution in [0.1, 0.15) is 20.3 Å². The lowest BCUT2D eigenvalue weighted by Gasteiger charge is -2.40. The fourth-order valence-corrected chi connectivity index (χ4v) is 2.29. The molecule has 1 aliphatic rings. The molecule has 18 heavy (non-hydrogen) atoms. The Morgan fingerprint density at radius 2 is 2.06 bits per heavy atom. The maximum absolute atomic E-state index is 13.8. The summed E-state index contributed by atoms with van der Waals surface area (Å²) in [6.45, 7) is 5.16. The molecule has 1 aromatic rings. The number of piperazine rings is 1. The Kier molecular flexibility index (Phi) is 3.80. The molecular formula is C13H17F3N2. The van der Waals surface area contributed by atoms with Gasteiger partial charge in [-0.3, -0.25) is 0 Å². The molecule has 0 aliphatic carbocycles. The van der Waals surface area contributed by atoms with Crippen LogP contribution >= 0.6 is 0 Å². The van der Waals surface area contributed by atoms with Gasteiger partial charge in [0.1, 0.15) is 5.82 Å². The molecule has 0 saturated carbocycles. The molecule has 1 heterocycles. The number of rotatable bonds is 2. The largest absolute Gasteiger partial charge is 0.363 e. The third kappa shape index (κ3) is 2.46. The highest BCUT2D eigenvalue weighted by atomic mass is 19.2. The van der Waals surface area contributed by atoms with E-state index in [1.807, 2.05) is 13.8 Å². The molecule has 0 aromatic heterocycles. The Morgan fingerprint density at radius 1 is 1.33 bits per heavy atom. The molecular weight excluding hydrogens is 241 g/mol. The number of hydrogen-bond donors (Lipinski definition) is 1. The van der Waals surface area contributed by atoms with Crippen LogP contribution in [0.3, 0.4) is 0 Å². The van der Waals surface area contributed by atoms with Crippen molar-refractivity contribution < 1.29 is 13.2 Å². The van der Waals surface area contributed by atoms with Crippen LogP contribution in [0, 0.1) is 17.5 Å². The van der Waals surface area contributed by atoms with Crippen molar-refractivity contribution in [2.45, 2.75) is 32.4 Å². The van der Waals surface area contributed by atoms with Crippen molar-refractivity contribution in [3.05, 3.63) is 29.6 Å². The number of halogens is 3. The first-order valence-corrected chi connectivity index (χ1v) is 6.17. The summed E-state index contributed by atoms with van der Waals surface area (Å²) in [5.41, 5.74) is 0.0138. The van der Waals surface area contributed by atoms with Crippen molar-refractivity contribution in [2.75, 3.05) is 18.0 Å². The molecule has 0 radical (unpaired) electrons. The number of anilines is 1. The molecule has 0 spiro atoms. The Bertz CT molecular complexity index is 436. The Balaban J connectivity index is 2.34. The average Bonchev–Trinajstić information content (AvgIpc) is 2.34. The van der Waals surface area contributed by atoms with Gasteiger partial charge in [-0.05, 0) is 13.3 Å². The quantitative estimate of drug-likeness (QED) is 0.820. The summed E-state index contributed by atoms with van der Waals surface area (Å²) in [6.07, 6.45) is 0.892. The minimum Gasteiger partial charge on any atom is -0.363 e. The lowest BCUT2D eigenvalue weighted by Crippen LogP contribution is -2.55. The maximum atomic E-state index is 13.8. The molecule has 0 amide bonds. The van der Waals surface area contributed by atoms with E-state index in [1.54, 1.807) is 4.90 Å². The zero-order chi connectivity index (χ0) is 13.3. The third-order valence-corrected chi connectivity index (χ3v) is 3.43. The molecule has 5 heteroatoms. The summed E-state index contributed by atoms with van der Waals surface area (Å²) in [5, 5.41) is 3.32. The van der Waals surface area contributed by atoms with Crippen molar-refractivity contribution >= 4 is 5.69 Å². The number of benzene rings is 1. The average molecular weight is 258 g/mol. The Hall–Kier alpha value is -1.23. The second-order valence-corrected chi connectivity index (χ2v) is 4.74. The van der Waals surface area contributed by atoms with Crippen LogP contribution in [0.4, 0.5) is 18.9 Å². The van der Waals surface area contributed by atoms with Crippen LogP contribution < -0.4 is 10.2 Å². The number of hydrogen-bond acceptors (Lipinski definition) is 2. The SMILES string of the molecule is CCC1CN(c2cc(F)cc(F)c2F)C(C)CN1. The van der Waals surface area contributed by atoms with E-state index < -0.39 is 17.5 Å². The van der Waals surface area contributed by atoms with Gasteiger partial charge in [0.15, 0.2) is 11.6 Å². The van der Waals surface area contributed by atoms with E-state index in [-0.39, 0.29) is 17.8 Å². The summed E-state index contributed by atoms with van der Waals surface area (Å²) in [5.74, 6) is -2.86. The lowest BCUT2D eigenvalue weighted by molar-refractivity contribution is 0.390. The van der Waals surface area contributed by atoms with Crippen LogP contribution in [0.5, 0.6) is 0 Å². The lowest BCUT2D eigenvalue weighted by atomic mass is 10.1. The van der Waals surface area contributed by atoms with Crippen molar-refractivity contribution in [3.63, 3.8) is 0 Å². The molecule has 2 nitrogen and oxygen atoms in total.